The topological polar surface area (TPSA) is 66.6 Å². The maximum atomic E-state index is 12.5. The van der Waals surface area contributed by atoms with Crippen LogP contribution in [0, 0.1) is 13.8 Å². The van der Waals surface area contributed by atoms with Crippen molar-refractivity contribution in [3.8, 4) is 0 Å². The van der Waals surface area contributed by atoms with E-state index in [1.807, 2.05) is 37.3 Å². The van der Waals surface area contributed by atoms with Crippen LogP contribution in [0.3, 0.4) is 0 Å². The molecule has 0 saturated heterocycles. The fourth-order valence-corrected chi connectivity index (χ4v) is 2.23. The monoisotopic (exact) mass is 288 g/mol. The summed E-state index contributed by atoms with van der Waals surface area (Å²) < 4.78 is 5.08. The van der Waals surface area contributed by atoms with Gasteiger partial charge in [0.25, 0.3) is 0 Å². The second kappa shape index (κ2) is 7.04. The molecule has 5 heteroatoms. The van der Waals surface area contributed by atoms with E-state index in [-0.39, 0.29) is 18.9 Å². The Morgan fingerprint density at radius 2 is 2.00 bits per heavy atom. The highest BCUT2D eigenvalue weighted by molar-refractivity contribution is 5.79. The Labute approximate surface area is 124 Å². The average Bonchev–Trinajstić information content (AvgIpc) is 2.80. The predicted octanol–water partition coefficient (Wildman–Crippen LogP) is 1.86. The lowest BCUT2D eigenvalue weighted by molar-refractivity contribution is -0.131. The van der Waals surface area contributed by atoms with E-state index in [4.69, 9.17) is 4.52 Å². The SMILES string of the molecule is Cc1noc(C)c1CC(=O)N(CCO)Cc1ccccc1. The van der Waals surface area contributed by atoms with Gasteiger partial charge in [-0.05, 0) is 19.4 Å². The summed E-state index contributed by atoms with van der Waals surface area (Å²) >= 11 is 0. The second-order valence-electron chi connectivity index (χ2n) is 5.00. The van der Waals surface area contributed by atoms with Gasteiger partial charge in [0.1, 0.15) is 5.76 Å². The number of aryl methyl sites for hydroxylation is 2. The molecule has 0 radical (unpaired) electrons. The quantitative estimate of drug-likeness (QED) is 0.881. The Morgan fingerprint density at radius 1 is 1.29 bits per heavy atom. The molecule has 0 spiro atoms. The first kappa shape index (κ1) is 15.3. The molecule has 0 aliphatic carbocycles. The van der Waals surface area contributed by atoms with Gasteiger partial charge in [-0.15, -0.1) is 0 Å². The van der Waals surface area contributed by atoms with Gasteiger partial charge < -0.3 is 14.5 Å². The third-order valence-corrected chi connectivity index (χ3v) is 3.45. The van der Waals surface area contributed by atoms with Crippen LogP contribution in [-0.2, 0) is 17.8 Å². The van der Waals surface area contributed by atoms with E-state index < -0.39 is 0 Å². The Bertz CT molecular complexity index is 573. The summed E-state index contributed by atoms with van der Waals surface area (Å²) in [5.41, 5.74) is 2.61. The van der Waals surface area contributed by atoms with E-state index in [0.717, 1.165) is 16.8 Å². The number of aliphatic hydroxyl groups excluding tert-OH is 1. The third-order valence-electron chi connectivity index (χ3n) is 3.45. The fourth-order valence-electron chi connectivity index (χ4n) is 2.23. The van der Waals surface area contributed by atoms with Crippen LogP contribution in [0.15, 0.2) is 34.9 Å². The van der Waals surface area contributed by atoms with E-state index in [1.165, 1.54) is 0 Å². The first-order chi connectivity index (χ1) is 10.1. The lowest BCUT2D eigenvalue weighted by atomic mass is 10.1. The standard InChI is InChI=1S/C16H20N2O3/c1-12-15(13(2)21-17-12)10-16(20)18(8-9-19)11-14-6-4-3-5-7-14/h3-7,19H,8-11H2,1-2H3. The molecule has 0 saturated carbocycles. The molecule has 112 valence electrons. The smallest absolute Gasteiger partial charge is 0.227 e. The minimum Gasteiger partial charge on any atom is -0.395 e. The van der Waals surface area contributed by atoms with Crippen LogP contribution in [0.2, 0.25) is 0 Å². The highest BCUT2D eigenvalue weighted by Crippen LogP contribution is 2.15. The van der Waals surface area contributed by atoms with E-state index in [1.54, 1.807) is 11.8 Å². The maximum absolute atomic E-state index is 12.5. The van der Waals surface area contributed by atoms with E-state index in [0.29, 0.717) is 18.8 Å². The summed E-state index contributed by atoms with van der Waals surface area (Å²) in [6, 6.07) is 9.74. The lowest BCUT2D eigenvalue weighted by Gasteiger charge is -2.22. The van der Waals surface area contributed by atoms with Crippen LogP contribution in [0.5, 0.6) is 0 Å². The Balaban J connectivity index is 2.09. The zero-order valence-electron chi connectivity index (χ0n) is 12.4. The normalized spacial score (nSPS) is 10.6. The van der Waals surface area contributed by atoms with Crippen molar-refractivity contribution in [2.45, 2.75) is 26.8 Å². The number of carbonyl (C=O) groups excluding carboxylic acids is 1. The van der Waals surface area contributed by atoms with E-state index in [9.17, 15) is 9.90 Å². The number of amides is 1. The van der Waals surface area contributed by atoms with E-state index >= 15 is 0 Å². The first-order valence-corrected chi connectivity index (χ1v) is 6.96. The molecule has 1 N–H and O–H groups in total. The van der Waals surface area contributed by atoms with Crippen molar-refractivity contribution < 1.29 is 14.4 Å². The van der Waals surface area contributed by atoms with Gasteiger partial charge in [0, 0.05) is 18.7 Å². The van der Waals surface area contributed by atoms with Crippen molar-refractivity contribution in [2.75, 3.05) is 13.2 Å². The minimum atomic E-state index is -0.0554. The summed E-state index contributed by atoms with van der Waals surface area (Å²) in [6.07, 6.45) is 0.244. The van der Waals surface area contributed by atoms with Crippen LogP contribution in [-0.4, -0.2) is 34.2 Å². The number of carbonyl (C=O) groups is 1. The molecule has 0 fully saturated rings. The van der Waals surface area contributed by atoms with Crippen LogP contribution < -0.4 is 0 Å². The summed E-state index contributed by atoms with van der Waals surface area (Å²) in [5, 5.41) is 13.0. The lowest BCUT2D eigenvalue weighted by Crippen LogP contribution is -2.34. The molecule has 1 aromatic heterocycles. The van der Waals surface area contributed by atoms with Gasteiger partial charge >= 0.3 is 0 Å². The summed E-state index contributed by atoms with van der Waals surface area (Å²) in [7, 11) is 0. The number of aliphatic hydroxyl groups is 1. The average molecular weight is 288 g/mol. The highest BCUT2D eigenvalue weighted by atomic mass is 16.5. The molecule has 1 heterocycles. The molecule has 0 bridgehead atoms. The number of hydrogen-bond acceptors (Lipinski definition) is 4. The predicted molar refractivity (Wildman–Crippen MR) is 78.6 cm³/mol. The molecule has 0 aliphatic heterocycles. The van der Waals surface area contributed by atoms with Crippen molar-refractivity contribution in [3.05, 3.63) is 52.9 Å². The van der Waals surface area contributed by atoms with Gasteiger partial charge in [0.05, 0.1) is 18.7 Å². The van der Waals surface area contributed by atoms with Crippen molar-refractivity contribution in [3.63, 3.8) is 0 Å². The van der Waals surface area contributed by atoms with Gasteiger partial charge in [-0.1, -0.05) is 35.5 Å². The largest absolute Gasteiger partial charge is 0.395 e. The van der Waals surface area contributed by atoms with Crippen LogP contribution in [0.1, 0.15) is 22.6 Å². The van der Waals surface area contributed by atoms with Crippen LogP contribution >= 0.6 is 0 Å². The summed E-state index contributed by atoms with van der Waals surface area (Å²) in [4.78, 5) is 14.1. The Kier molecular flexibility index (Phi) is 5.11. The molecular weight excluding hydrogens is 268 g/mol. The number of hydrogen-bond donors (Lipinski definition) is 1. The van der Waals surface area contributed by atoms with Crippen LogP contribution in [0.4, 0.5) is 0 Å². The van der Waals surface area contributed by atoms with Gasteiger partial charge in [0.2, 0.25) is 5.91 Å². The van der Waals surface area contributed by atoms with Crippen molar-refractivity contribution >= 4 is 5.91 Å². The number of nitrogens with zero attached hydrogens (tertiary/aromatic N) is 2. The first-order valence-electron chi connectivity index (χ1n) is 6.96. The van der Waals surface area contributed by atoms with Gasteiger partial charge in [-0.2, -0.15) is 0 Å². The molecule has 1 aromatic carbocycles. The number of aromatic nitrogens is 1. The third kappa shape index (κ3) is 3.92. The molecule has 2 rings (SSSR count). The molecule has 1 amide bonds. The Morgan fingerprint density at radius 3 is 2.57 bits per heavy atom. The summed E-state index contributed by atoms with van der Waals surface area (Å²) in [5.74, 6) is 0.631. The zero-order valence-corrected chi connectivity index (χ0v) is 12.4. The molecular formula is C16H20N2O3. The number of rotatable bonds is 6. The highest BCUT2D eigenvalue weighted by Gasteiger charge is 2.18. The fraction of sp³-hybridized carbons (Fsp3) is 0.375. The maximum Gasteiger partial charge on any atom is 0.227 e. The van der Waals surface area contributed by atoms with Gasteiger partial charge in [0.15, 0.2) is 0 Å². The van der Waals surface area contributed by atoms with Gasteiger partial charge in [-0.3, -0.25) is 4.79 Å². The molecule has 21 heavy (non-hydrogen) atoms. The molecule has 0 aliphatic rings. The van der Waals surface area contributed by atoms with Crippen molar-refractivity contribution in [1.82, 2.24) is 10.1 Å². The molecule has 5 nitrogen and oxygen atoms in total. The van der Waals surface area contributed by atoms with E-state index in [2.05, 4.69) is 5.16 Å². The molecule has 0 atom stereocenters. The van der Waals surface area contributed by atoms with Gasteiger partial charge in [-0.25, -0.2) is 0 Å². The summed E-state index contributed by atoms with van der Waals surface area (Å²) in [6.45, 7) is 4.38. The molecule has 0 unspecified atom stereocenters. The van der Waals surface area contributed by atoms with Crippen LogP contribution in [0.25, 0.3) is 0 Å². The Hall–Kier alpha value is -2.14. The van der Waals surface area contributed by atoms with Crippen molar-refractivity contribution in [2.24, 2.45) is 0 Å². The zero-order chi connectivity index (χ0) is 15.2. The number of benzene rings is 1. The van der Waals surface area contributed by atoms with Crippen molar-refractivity contribution in [1.29, 1.82) is 0 Å². The minimum absolute atomic E-state index is 0.0395. The molecule has 2 aromatic rings. The second-order valence-corrected chi connectivity index (χ2v) is 5.00.